The molecule has 7 nitrogen and oxygen atoms in total. The highest BCUT2D eigenvalue weighted by molar-refractivity contribution is 6.46. The van der Waals surface area contributed by atoms with Crippen molar-refractivity contribution in [1.82, 2.24) is 4.90 Å². The quantitative estimate of drug-likeness (QED) is 0.175. The van der Waals surface area contributed by atoms with E-state index >= 15 is 0 Å². The molecule has 0 aliphatic carbocycles. The Morgan fingerprint density at radius 2 is 1.90 bits per heavy atom. The summed E-state index contributed by atoms with van der Waals surface area (Å²) in [6.45, 7) is 1.92. The number of esters is 1. The topological polar surface area (TPSA) is 93.1 Å². The summed E-state index contributed by atoms with van der Waals surface area (Å²) >= 11 is 6.04. The van der Waals surface area contributed by atoms with Crippen molar-refractivity contribution in [3.8, 4) is 5.75 Å². The minimum Gasteiger partial charge on any atom is -0.507 e. The number of ketones is 1. The number of nitrogens with zero attached hydrogens (tertiary/aromatic N) is 1. The van der Waals surface area contributed by atoms with Gasteiger partial charge in [-0.3, -0.25) is 14.4 Å². The molecule has 0 aromatic heterocycles. The summed E-state index contributed by atoms with van der Waals surface area (Å²) in [6, 6.07) is 12.1. The number of methoxy groups -OCH3 is 1. The number of likely N-dealkylation sites (tertiary alicyclic amines) is 1. The SMILES string of the molecule is COCCCN1C(=O)C(=O)/C(=C(\O)c2cccc(Cl)c2)C1c1cccc(OC(C)=O)c1. The van der Waals surface area contributed by atoms with Crippen molar-refractivity contribution in [2.45, 2.75) is 19.4 Å². The standard InChI is InChI=1S/C23H22ClNO6/c1-14(26)31-18-9-4-6-15(13-18)20-19(21(27)16-7-3-8-17(24)12-16)22(28)23(29)25(20)10-5-11-30-2/h3-4,6-9,12-13,20,27H,5,10-11H2,1-2H3/b21-19-. The van der Waals surface area contributed by atoms with Crippen molar-refractivity contribution < 1.29 is 29.0 Å². The van der Waals surface area contributed by atoms with E-state index in [4.69, 9.17) is 21.1 Å². The number of aliphatic hydroxyl groups excluding tert-OH is 1. The Bertz CT molecular complexity index is 1050. The molecule has 1 aliphatic heterocycles. The third kappa shape index (κ3) is 4.95. The van der Waals surface area contributed by atoms with E-state index in [-0.39, 0.29) is 23.6 Å². The maximum absolute atomic E-state index is 12.9. The first-order valence-corrected chi connectivity index (χ1v) is 10.0. The highest BCUT2D eigenvalue weighted by atomic mass is 35.5. The number of ether oxygens (including phenoxy) is 2. The van der Waals surface area contributed by atoms with Crippen LogP contribution in [0.3, 0.4) is 0 Å². The summed E-state index contributed by atoms with van der Waals surface area (Å²) in [6.07, 6.45) is 0.501. The summed E-state index contributed by atoms with van der Waals surface area (Å²) in [7, 11) is 1.55. The number of Topliss-reactive ketones (excluding diaryl/α,β-unsaturated/α-hetero) is 1. The van der Waals surface area contributed by atoms with E-state index < -0.39 is 23.7 Å². The molecular formula is C23H22ClNO6. The van der Waals surface area contributed by atoms with Crippen LogP contribution in [0.5, 0.6) is 5.75 Å². The van der Waals surface area contributed by atoms with Crippen LogP contribution in [-0.4, -0.2) is 47.9 Å². The van der Waals surface area contributed by atoms with Gasteiger partial charge in [-0.05, 0) is 36.2 Å². The fraction of sp³-hybridized carbons (Fsp3) is 0.261. The van der Waals surface area contributed by atoms with Crippen LogP contribution < -0.4 is 4.74 Å². The van der Waals surface area contributed by atoms with E-state index in [1.807, 2.05) is 0 Å². The molecule has 1 heterocycles. The van der Waals surface area contributed by atoms with E-state index in [9.17, 15) is 19.5 Å². The molecule has 8 heteroatoms. The minimum absolute atomic E-state index is 0.0512. The normalized spacial score (nSPS) is 17.8. The van der Waals surface area contributed by atoms with Crippen LogP contribution in [0.15, 0.2) is 54.1 Å². The van der Waals surface area contributed by atoms with Crippen molar-refractivity contribution in [3.05, 3.63) is 70.3 Å². The molecule has 31 heavy (non-hydrogen) atoms. The maximum Gasteiger partial charge on any atom is 0.308 e. The van der Waals surface area contributed by atoms with E-state index in [1.165, 1.54) is 17.9 Å². The molecule has 0 bridgehead atoms. The lowest BCUT2D eigenvalue weighted by Crippen LogP contribution is -2.31. The van der Waals surface area contributed by atoms with Crippen LogP contribution in [0.1, 0.15) is 30.5 Å². The number of hydrogen-bond donors (Lipinski definition) is 1. The molecule has 1 saturated heterocycles. The molecule has 3 rings (SSSR count). The number of carbonyl (C=O) groups excluding carboxylic acids is 3. The van der Waals surface area contributed by atoms with Gasteiger partial charge in [-0.15, -0.1) is 0 Å². The van der Waals surface area contributed by atoms with Crippen LogP contribution in [0, 0.1) is 0 Å². The molecule has 162 valence electrons. The highest BCUT2D eigenvalue weighted by Crippen LogP contribution is 2.40. The number of hydrogen-bond acceptors (Lipinski definition) is 6. The monoisotopic (exact) mass is 443 g/mol. The molecule has 1 amide bonds. The fourth-order valence-corrected chi connectivity index (χ4v) is 3.73. The maximum atomic E-state index is 12.9. The van der Waals surface area contributed by atoms with Crippen LogP contribution in [0.4, 0.5) is 0 Å². The molecule has 1 N–H and O–H groups in total. The van der Waals surface area contributed by atoms with Crippen LogP contribution in [0.25, 0.3) is 5.76 Å². The Morgan fingerprint density at radius 3 is 2.58 bits per heavy atom. The number of aliphatic hydroxyl groups is 1. The summed E-state index contributed by atoms with van der Waals surface area (Å²) in [5.41, 5.74) is 0.798. The number of amides is 1. The Morgan fingerprint density at radius 1 is 1.16 bits per heavy atom. The van der Waals surface area contributed by atoms with Gasteiger partial charge in [0.1, 0.15) is 11.5 Å². The lowest BCUT2D eigenvalue weighted by atomic mass is 9.95. The van der Waals surface area contributed by atoms with Gasteiger partial charge in [0, 0.05) is 37.8 Å². The molecule has 1 atom stereocenters. The summed E-state index contributed by atoms with van der Waals surface area (Å²) in [5.74, 6) is -2.06. The summed E-state index contributed by atoms with van der Waals surface area (Å²) < 4.78 is 10.2. The molecule has 2 aromatic carbocycles. The average Bonchev–Trinajstić information content (AvgIpc) is 2.98. The van der Waals surface area contributed by atoms with Gasteiger partial charge in [0.25, 0.3) is 11.7 Å². The second kappa shape index (κ2) is 9.76. The fourth-order valence-electron chi connectivity index (χ4n) is 3.54. The van der Waals surface area contributed by atoms with Crippen LogP contribution in [0.2, 0.25) is 5.02 Å². The van der Waals surface area contributed by atoms with E-state index in [0.717, 1.165) is 0 Å². The first kappa shape index (κ1) is 22.5. The van der Waals surface area contributed by atoms with Crippen molar-refractivity contribution in [1.29, 1.82) is 0 Å². The molecule has 1 fully saturated rings. The minimum atomic E-state index is -0.855. The van der Waals surface area contributed by atoms with Crippen LogP contribution >= 0.6 is 11.6 Å². The van der Waals surface area contributed by atoms with Gasteiger partial charge in [-0.1, -0.05) is 35.9 Å². The molecule has 1 aliphatic rings. The van der Waals surface area contributed by atoms with Gasteiger partial charge in [0.2, 0.25) is 0 Å². The van der Waals surface area contributed by atoms with Crippen molar-refractivity contribution in [3.63, 3.8) is 0 Å². The number of benzene rings is 2. The van der Waals surface area contributed by atoms with Crippen molar-refractivity contribution >= 4 is 35.0 Å². The number of halogens is 1. The zero-order valence-electron chi connectivity index (χ0n) is 17.1. The Hall–Kier alpha value is -3.16. The summed E-state index contributed by atoms with van der Waals surface area (Å²) in [5, 5.41) is 11.4. The van der Waals surface area contributed by atoms with Gasteiger partial charge < -0.3 is 19.5 Å². The Balaban J connectivity index is 2.13. The zero-order valence-corrected chi connectivity index (χ0v) is 17.9. The van der Waals surface area contributed by atoms with Gasteiger partial charge in [-0.25, -0.2) is 0 Å². The largest absolute Gasteiger partial charge is 0.507 e. The lowest BCUT2D eigenvalue weighted by Gasteiger charge is -2.25. The second-order valence-corrected chi connectivity index (χ2v) is 7.45. The molecular weight excluding hydrogens is 422 g/mol. The Labute approximate surface area is 184 Å². The summed E-state index contributed by atoms with van der Waals surface area (Å²) in [4.78, 5) is 38.5. The lowest BCUT2D eigenvalue weighted by molar-refractivity contribution is -0.140. The van der Waals surface area contributed by atoms with Crippen molar-refractivity contribution in [2.24, 2.45) is 0 Å². The third-order valence-electron chi connectivity index (χ3n) is 4.82. The molecule has 1 unspecified atom stereocenters. The zero-order chi connectivity index (χ0) is 22.5. The molecule has 0 radical (unpaired) electrons. The van der Waals surface area contributed by atoms with Gasteiger partial charge in [0.15, 0.2) is 0 Å². The van der Waals surface area contributed by atoms with Crippen molar-refractivity contribution in [2.75, 3.05) is 20.3 Å². The predicted octanol–water partition coefficient (Wildman–Crippen LogP) is 3.72. The third-order valence-corrected chi connectivity index (χ3v) is 5.06. The first-order chi connectivity index (χ1) is 14.8. The number of carbonyl (C=O) groups is 3. The first-order valence-electron chi connectivity index (χ1n) is 9.65. The number of rotatable bonds is 7. The van der Waals surface area contributed by atoms with Gasteiger partial charge >= 0.3 is 5.97 Å². The smallest absolute Gasteiger partial charge is 0.308 e. The molecule has 2 aromatic rings. The molecule has 0 spiro atoms. The highest BCUT2D eigenvalue weighted by Gasteiger charge is 2.45. The van der Waals surface area contributed by atoms with Gasteiger partial charge in [-0.2, -0.15) is 0 Å². The predicted molar refractivity (Wildman–Crippen MR) is 115 cm³/mol. The second-order valence-electron chi connectivity index (χ2n) is 7.02. The van der Waals surface area contributed by atoms with Gasteiger partial charge in [0.05, 0.1) is 11.6 Å². The Kier molecular flexibility index (Phi) is 7.09. The average molecular weight is 444 g/mol. The van der Waals surface area contributed by atoms with E-state index in [1.54, 1.807) is 49.6 Å². The van der Waals surface area contributed by atoms with E-state index in [0.29, 0.717) is 29.2 Å². The molecule has 0 saturated carbocycles. The van der Waals surface area contributed by atoms with E-state index in [2.05, 4.69) is 0 Å². The van der Waals surface area contributed by atoms with Crippen LogP contribution in [-0.2, 0) is 19.1 Å².